The maximum Gasteiger partial charge on any atom is 0.253 e. The monoisotopic (exact) mass is 615 g/mol. The second kappa shape index (κ2) is 11.8. The molecular weight excluding hydrogens is 574 g/mol. The minimum atomic E-state index is -1.21. The number of aliphatic hydroxyl groups excluding tert-OH is 1. The molecule has 8 atom stereocenters. The molecule has 40 heavy (non-hydrogen) atoms. The van der Waals surface area contributed by atoms with E-state index < -0.39 is 35.6 Å². The standard InChI is InChI=1S/C31H42BrN3O5/c1-8-13-33(7)28(37)24-25-29(38)35(23(17-36)19(5)10-3)27(31(25)16-21(32)26(24)40-31)30(39)34(14-9-2)22-15-18(4)11-12-20(22)6/h8-9,11-12,15,19,21,23-27,36H,1-2,10,13-14,16-17H2,3-7H3/t19-,21?,23-,24-,25-,26-,27?,31?/m0/s1. The summed E-state index contributed by atoms with van der Waals surface area (Å²) in [7, 11) is 1.69. The number of ether oxygens (including phenoxy) is 1. The van der Waals surface area contributed by atoms with Gasteiger partial charge in [-0.1, -0.05) is 60.5 Å². The van der Waals surface area contributed by atoms with E-state index >= 15 is 0 Å². The van der Waals surface area contributed by atoms with Gasteiger partial charge in [-0.25, -0.2) is 0 Å². The number of alkyl halides is 1. The molecular formula is C31H42BrN3O5. The summed E-state index contributed by atoms with van der Waals surface area (Å²) in [5.41, 5.74) is 1.45. The van der Waals surface area contributed by atoms with E-state index in [2.05, 4.69) is 29.1 Å². The number of rotatable bonds is 11. The Hall–Kier alpha value is -2.49. The minimum absolute atomic E-state index is 0.0809. The molecule has 2 bridgehead atoms. The van der Waals surface area contributed by atoms with Crippen molar-refractivity contribution >= 4 is 39.3 Å². The topological polar surface area (TPSA) is 90.4 Å². The highest BCUT2D eigenvalue weighted by atomic mass is 79.9. The maximum atomic E-state index is 14.8. The molecule has 1 N–H and O–H groups in total. The molecule has 0 radical (unpaired) electrons. The molecule has 1 aromatic rings. The lowest BCUT2D eigenvalue weighted by Crippen LogP contribution is -2.60. The number of anilines is 1. The normalized spacial score (nSPS) is 30.1. The number of carbonyl (C=O) groups excluding carboxylic acids is 3. The number of aliphatic hydroxyl groups is 1. The van der Waals surface area contributed by atoms with Crippen LogP contribution in [0.3, 0.4) is 0 Å². The summed E-state index contributed by atoms with van der Waals surface area (Å²) in [4.78, 5) is 47.7. The van der Waals surface area contributed by atoms with Gasteiger partial charge in [-0.05, 0) is 43.4 Å². The second-order valence-corrected chi connectivity index (χ2v) is 12.8. The number of likely N-dealkylation sites (tertiary alicyclic amines) is 1. The molecule has 3 saturated heterocycles. The van der Waals surface area contributed by atoms with Crippen molar-refractivity contribution in [3.05, 3.63) is 54.6 Å². The van der Waals surface area contributed by atoms with E-state index in [0.717, 1.165) is 16.8 Å². The zero-order chi connectivity index (χ0) is 29.5. The molecule has 3 aliphatic heterocycles. The van der Waals surface area contributed by atoms with Gasteiger partial charge < -0.3 is 24.5 Å². The van der Waals surface area contributed by atoms with Crippen LogP contribution in [0, 0.1) is 31.6 Å². The number of hydrogen-bond donors (Lipinski definition) is 1. The number of hydrogen-bond acceptors (Lipinski definition) is 5. The Labute approximate surface area is 246 Å². The van der Waals surface area contributed by atoms with Crippen LogP contribution in [0.15, 0.2) is 43.5 Å². The Balaban J connectivity index is 1.89. The summed E-state index contributed by atoms with van der Waals surface area (Å²) in [6.07, 6.45) is 3.88. The molecule has 0 saturated carbocycles. The van der Waals surface area contributed by atoms with E-state index in [-0.39, 0.29) is 41.6 Å². The average Bonchev–Trinajstić information content (AvgIpc) is 3.52. The van der Waals surface area contributed by atoms with E-state index in [1.807, 2.05) is 45.9 Å². The van der Waals surface area contributed by atoms with Crippen LogP contribution in [0.1, 0.15) is 37.8 Å². The molecule has 0 aromatic heterocycles. The number of aryl methyl sites for hydroxylation is 2. The molecule has 9 heteroatoms. The lowest BCUT2D eigenvalue weighted by molar-refractivity contribution is -0.147. The summed E-state index contributed by atoms with van der Waals surface area (Å²) < 4.78 is 6.68. The van der Waals surface area contributed by atoms with E-state index in [1.165, 1.54) is 0 Å². The molecule has 8 nitrogen and oxygen atoms in total. The van der Waals surface area contributed by atoms with Gasteiger partial charge in [0, 0.05) is 30.7 Å². The Bertz CT molecular complexity index is 1190. The third-order valence-corrected chi connectivity index (χ3v) is 9.95. The zero-order valence-electron chi connectivity index (χ0n) is 24.2. The van der Waals surface area contributed by atoms with Crippen LogP contribution >= 0.6 is 15.9 Å². The third kappa shape index (κ3) is 4.73. The summed E-state index contributed by atoms with van der Waals surface area (Å²) in [5, 5.41) is 10.6. The zero-order valence-corrected chi connectivity index (χ0v) is 25.8. The van der Waals surface area contributed by atoms with Gasteiger partial charge in [-0.2, -0.15) is 0 Å². The highest BCUT2D eigenvalue weighted by Crippen LogP contribution is 2.61. The van der Waals surface area contributed by atoms with Gasteiger partial charge in [0.15, 0.2) is 0 Å². The smallest absolute Gasteiger partial charge is 0.253 e. The first-order valence-corrected chi connectivity index (χ1v) is 15.0. The van der Waals surface area contributed by atoms with Crippen molar-refractivity contribution in [1.29, 1.82) is 0 Å². The SMILES string of the molecule is C=CCN(C)C(=O)[C@H]1[C@H]2C(=O)N([C@@H](CO)[C@@H](C)CC)C(C(=O)N(CC=C)c3cc(C)ccc3C)C23CC(Br)[C@@H]1O3. The average molecular weight is 617 g/mol. The van der Waals surface area contributed by atoms with Crippen molar-refractivity contribution in [2.75, 3.05) is 31.6 Å². The van der Waals surface area contributed by atoms with Crippen molar-refractivity contribution in [3.63, 3.8) is 0 Å². The van der Waals surface area contributed by atoms with Crippen LogP contribution in [-0.4, -0.2) is 88.0 Å². The second-order valence-electron chi connectivity index (χ2n) is 11.6. The first-order valence-electron chi connectivity index (χ1n) is 14.1. The molecule has 0 aliphatic carbocycles. The minimum Gasteiger partial charge on any atom is -0.394 e. The first kappa shape index (κ1) is 30.5. The molecule has 3 amide bonds. The Morgan fingerprint density at radius 3 is 2.52 bits per heavy atom. The first-order chi connectivity index (χ1) is 19.0. The van der Waals surface area contributed by atoms with E-state index in [1.54, 1.807) is 33.9 Å². The lowest BCUT2D eigenvalue weighted by atomic mass is 9.70. The number of halogens is 1. The van der Waals surface area contributed by atoms with Gasteiger partial charge in [-0.15, -0.1) is 13.2 Å². The number of benzene rings is 1. The molecule has 218 valence electrons. The highest BCUT2D eigenvalue weighted by Gasteiger charge is 2.77. The molecule has 1 aromatic carbocycles. The Kier molecular flexibility index (Phi) is 8.97. The summed E-state index contributed by atoms with van der Waals surface area (Å²) in [6.45, 7) is 15.8. The fraction of sp³-hybridized carbons (Fsp3) is 0.581. The van der Waals surface area contributed by atoms with Gasteiger partial charge in [0.1, 0.15) is 11.6 Å². The van der Waals surface area contributed by atoms with Gasteiger partial charge in [0.25, 0.3) is 5.91 Å². The number of fused-ring (bicyclic) bond motifs is 1. The van der Waals surface area contributed by atoms with Crippen molar-refractivity contribution < 1.29 is 24.2 Å². The number of amides is 3. The number of carbonyl (C=O) groups is 3. The Morgan fingerprint density at radius 2 is 1.93 bits per heavy atom. The molecule has 3 aliphatic rings. The van der Waals surface area contributed by atoms with E-state index in [9.17, 15) is 19.5 Å². The Morgan fingerprint density at radius 1 is 1.25 bits per heavy atom. The number of likely N-dealkylation sites (N-methyl/N-ethyl adjacent to an activating group) is 1. The maximum absolute atomic E-state index is 14.8. The van der Waals surface area contributed by atoms with Crippen LogP contribution in [0.5, 0.6) is 0 Å². The summed E-state index contributed by atoms with van der Waals surface area (Å²) >= 11 is 3.73. The lowest BCUT2D eigenvalue weighted by Gasteiger charge is -2.41. The van der Waals surface area contributed by atoms with Crippen LogP contribution < -0.4 is 4.90 Å². The molecule has 3 heterocycles. The van der Waals surface area contributed by atoms with Gasteiger partial charge in [0.05, 0.1) is 30.6 Å². The predicted molar refractivity (Wildman–Crippen MR) is 159 cm³/mol. The predicted octanol–water partition coefficient (Wildman–Crippen LogP) is 3.62. The van der Waals surface area contributed by atoms with Crippen LogP contribution in [0.2, 0.25) is 0 Å². The van der Waals surface area contributed by atoms with Gasteiger partial charge in [-0.3, -0.25) is 14.4 Å². The quantitative estimate of drug-likeness (QED) is 0.303. The fourth-order valence-electron chi connectivity index (χ4n) is 6.93. The van der Waals surface area contributed by atoms with Crippen molar-refractivity contribution in [2.45, 2.75) is 69.2 Å². The highest BCUT2D eigenvalue weighted by molar-refractivity contribution is 9.09. The molecule has 4 rings (SSSR count). The fourth-order valence-corrected chi connectivity index (χ4v) is 7.88. The summed E-state index contributed by atoms with van der Waals surface area (Å²) in [6, 6.07) is 4.31. The molecule has 3 fully saturated rings. The van der Waals surface area contributed by atoms with Crippen LogP contribution in [-0.2, 0) is 19.1 Å². The van der Waals surface area contributed by atoms with E-state index in [0.29, 0.717) is 19.4 Å². The number of nitrogens with zero attached hydrogens (tertiary/aromatic N) is 3. The summed E-state index contributed by atoms with van der Waals surface area (Å²) in [5.74, 6) is -2.46. The van der Waals surface area contributed by atoms with Crippen LogP contribution in [0.4, 0.5) is 5.69 Å². The van der Waals surface area contributed by atoms with Gasteiger partial charge in [0.2, 0.25) is 11.8 Å². The van der Waals surface area contributed by atoms with Crippen molar-refractivity contribution in [2.24, 2.45) is 17.8 Å². The molecule has 1 spiro atoms. The van der Waals surface area contributed by atoms with Gasteiger partial charge >= 0.3 is 0 Å². The third-order valence-electron chi connectivity index (χ3n) is 9.10. The van der Waals surface area contributed by atoms with Crippen molar-refractivity contribution in [3.8, 4) is 0 Å². The van der Waals surface area contributed by atoms with E-state index in [4.69, 9.17) is 4.74 Å². The van der Waals surface area contributed by atoms with Crippen molar-refractivity contribution in [1.82, 2.24) is 9.80 Å². The molecule has 3 unspecified atom stereocenters. The largest absolute Gasteiger partial charge is 0.394 e. The van der Waals surface area contributed by atoms with Crippen LogP contribution in [0.25, 0.3) is 0 Å².